The maximum Gasteiger partial charge on any atom is 0.163 e. The molecule has 3 nitrogen and oxygen atoms in total. The maximum absolute atomic E-state index is 5.92. The van der Waals surface area contributed by atoms with Crippen molar-refractivity contribution >= 4 is 11.8 Å². The Morgan fingerprint density at radius 2 is 2.19 bits per heavy atom. The number of rotatable bonds is 5. The highest BCUT2D eigenvalue weighted by molar-refractivity contribution is 8.00. The molecule has 0 aromatic rings. The fourth-order valence-corrected chi connectivity index (χ4v) is 3.52. The van der Waals surface area contributed by atoms with Crippen LogP contribution in [0.15, 0.2) is 0 Å². The molecule has 2 aliphatic heterocycles. The predicted octanol–water partition coefficient (Wildman–Crippen LogP) is 2.44. The van der Waals surface area contributed by atoms with Crippen LogP contribution < -0.4 is 0 Å². The Hall–Kier alpha value is 0.230. The minimum Gasteiger partial charge on any atom is -0.380 e. The fourth-order valence-electron chi connectivity index (χ4n) is 2.21. The first-order valence-electron chi connectivity index (χ1n) is 6.17. The Morgan fingerprint density at radius 3 is 2.94 bits per heavy atom. The van der Waals surface area contributed by atoms with Gasteiger partial charge in [-0.15, -0.1) is 0 Å². The van der Waals surface area contributed by atoms with E-state index in [0.717, 1.165) is 25.4 Å². The summed E-state index contributed by atoms with van der Waals surface area (Å²) in [4.78, 5) is 0. The smallest absolute Gasteiger partial charge is 0.163 e. The third-order valence-electron chi connectivity index (χ3n) is 2.99. The molecule has 0 unspecified atom stereocenters. The fraction of sp³-hybridized carbons (Fsp3) is 1.00. The van der Waals surface area contributed by atoms with Gasteiger partial charge in [0.1, 0.15) is 6.10 Å². The lowest BCUT2D eigenvalue weighted by Gasteiger charge is -2.21. The zero-order valence-electron chi connectivity index (χ0n) is 10.4. The molecule has 0 saturated carbocycles. The molecule has 2 fully saturated rings. The quantitative estimate of drug-likeness (QED) is 0.696. The van der Waals surface area contributed by atoms with Crippen molar-refractivity contribution in [1.29, 1.82) is 0 Å². The molecular weight excluding hydrogens is 224 g/mol. The van der Waals surface area contributed by atoms with E-state index in [4.69, 9.17) is 14.2 Å². The second-order valence-corrected chi connectivity index (χ2v) is 6.21. The molecule has 2 rings (SSSR count). The first kappa shape index (κ1) is 12.7. The average Bonchev–Trinajstić information content (AvgIpc) is 2.69. The number of hydrogen-bond acceptors (Lipinski definition) is 4. The van der Waals surface area contributed by atoms with Crippen LogP contribution >= 0.6 is 11.8 Å². The van der Waals surface area contributed by atoms with Crippen LogP contribution in [-0.2, 0) is 14.2 Å². The van der Waals surface area contributed by atoms with Crippen molar-refractivity contribution in [3.8, 4) is 0 Å². The molecule has 0 aromatic carbocycles. The van der Waals surface area contributed by atoms with E-state index in [-0.39, 0.29) is 12.2 Å². The molecule has 3 atom stereocenters. The standard InChI is InChI=1S/C12H22O3S/c1-4-5-6-13-7-10-11-9(8-16-10)14-12(2,3)15-11/h9-11H,4-8H2,1-3H3/t9-,10+,11-/m0/s1. The highest BCUT2D eigenvalue weighted by atomic mass is 32.2. The van der Waals surface area contributed by atoms with E-state index in [9.17, 15) is 0 Å². The molecule has 2 aliphatic rings. The Labute approximate surface area is 102 Å². The van der Waals surface area contributed by atoms with E-state index in [0.29, 0.717) is 5.25 Å². The van der Waals surface area contributed by atoms with Crippen molar-refractivity contribution < 1.29 is 14.2 Å². The Kier molecular flexibility index (Phi) is 4.16. The number of hydrogen-bond donors (Lipinski definition) is 0. The van der Waals surface area contributed by atoms with Crippen LogP contribution in [0.4, 0.5) is 0 Å². The number of fused-ring (bicyclic) bond motifs is 1. The van der Waals surface area contributed by atoms with Gasteiger partial charge in [-0.05, 0) is 20.3 Å². The first-order valence-corrected chi connectivity index (χ1v) is 7.22. The van der Waals surface area contributed by atoms with E-state index < -0.39 is 5.79 Å². The molecule has 0 aromatic heterocycles. The van der Waals surface area contributed by atoms with Gasteiger partial charge in [0.25, 0.3) is 0 Å². The van der Waals surface area contributed by atoms with Crippen molar-refractivity contribution in [2.24, 2.45) is 0 Å². The van der Waals surface area contributed by atoms with Crippen LogP contribution in [0.1, 0.15) is 33.6 Å². The summed E-state index contributed by atoms with van der Waals surface area (Å²) in [6, 6.07) is 0. The molecule has 0 radical (unpaired) electrons. The average molecular weight is 246 g/mol. The van der Waals surface area contributed by atoms with Gasteiger partial charge in [0.05, 0.1) is 18.0 Å². The first-order chi connectivity index (χ1) is 7.62. The van der Waals surface area contributed by atoms with Gasteiger partial charge in [-0.2, -0.15) is 11.8 Å². The molecule has 0 amide bonds. The van der Waals surface area contributed by atoms with Gasteiger partial charge in [-0.25, -0.2) is 0 Å². The third kappa shape index (κ3) is 2.92. The Balaban J connectivity index is 1.75. The van der Waals surface area contributed by atoms with Crippen molar-refractivity contribution in [2.75, 3.05) is 19.0 Å². The summed E-state index contributed by atoms with van der Waals surface area (Å²) in [6.45, 7) is 7.83. The number of unbranched alkanes of at least 4 members (excludes halogenated alkanes) is 1. The van der Waals surface area contributed by atoms with Gasteiger partial charge in [-0.1, -0.05) is 13.3 Å². The molecule has 4 heteroatoms. The van der Waals surface area contributed by atoms with Gasteiger partial charge >= 0.3 is 0 Å². The minimum atomic E-state index is -0.405. The Morgan fingerprint density at radius 1 is 1.38 bits per heavy atom. The highest BCUT2D eigenvalue weighted by Crippen LogP contribution is 2.41. The number of thioether (sulfide) groups is 1. The lowest BCUT2D eigenvalue weighted by molar-refractivity contribution is -0.146. The molecule has 16 heavy (non-hydrogen) atoms. The van der Waals surface area contributed by atoms with E-state index in [1.807, 2.05) is 25.6 Å². The van der Waals surface area contributed by atoms with Crippen molar-refractivity contribution in [3.63, 3.8) is 0 Å². The zero-order chi connectivity index (χ0) is 11.6. The highest BCUT2D eigenvalue weighted by Gasteiger charge is 2.49. The SMILES string of the molecule is CCCCOC[C@H]1SC[C@@H]2OC(C)(C)O[C@@H]21. The van der Waals surface area contributed by atoms with Gasteiger partial charge < -0.3 is 14.2 Å². The third-order valence-corrected chi connectivity index (χ3v) is 4.34. The van der Waals surface area contributed by atoms with Gasteiger partial charge in [0.2, 0.25) is 0 Å². The summed E-state index contributed by atoms with van der Waals surface area (Å²) in [7, 11) is 0. The number of ether oxygens (including phenoxy) is 3. The lowest BCUT2D eigenvalue weighted by Crippen LogP contribution is -2.31. The topological polar surface area (TPSA) is 27.7 Å². The summed E-state index contributed by atoms with van der Waals surface area (Å²) < 4.78 is 17.4. The summed E-state index contributed by atoms with van der Waals surface area (Å²) in [5, 5.41) is 0.448. The van der Waals surface area contributed by atoms with E-state index in [1.165, 1.54) is 6.42 Å². The largest absolute Gasteiger partial charge is 0.380 e. The minimum absolute atomic E-state index is 0.224. The van der Waals surface area contributed by atoms with E-state index >= 15 is 0 Å². The van der Waals surface area contributed by atoms with Crippen LogP contribution in [0, 0.1) is 0 Å². The Bertz CT molecular complexity index is 232. The molecule has 0 aliphatic carbocycles. The second kappa shape index (κ2) is 5.25. The lowest BCUT2D eigenvalue weighted by atomic mass is 10.2. The normalized spacial score (nSPS) is 36.6. The van der Waals surface area contributed by atoms with E-state index in [2.05, 4.69) is 6.92 Å². The summed E-state index contributed by atoms with van der Waals surface area (Å²) in [6.07, 6.45) is 2.83. The zero-order valence-corrected chi connectivity index (χ0v) is 11.2. The van der Waals surface area contributed by atoms with Crippen LogP contribution in [0.3, 0.4) is 0 Å². The molecule has 2 saturated heterocycles. The van der Waals surface area contributed by atoms with E-state index in [1.54, 1.807) is 0 Å². The molecular formula is C12H22O3S. The predicted molar refractivity (Wildman–Crippen MR) is 65.8 cm³/mol. The maximum atomic E-state index is 5.92. The molecule has 94 valence electrons. The summed E-state index contributed by atoms with van der Waals surface area (Å²) in [5.41, 5.74) is 0. The second-order valence-electron chi connectivity index (χ2n) is 4.94. The van der Waals surface area contributed by atoms with Gasteiger partial charge in [-0.3, -0.25) is 0 Å². The van der Waals surface area contributed by atoms with Crippen LogP contribution in [0.2, 0.25) is 0 Å². The molecule has 0 spiro atoms. The molecule has 0 bridgehead atoms. The monoisotopic (exact) mass is 246 g/mol. The summed E-state index contributed by atoms with van der Waals surface area (Å²) >= 11 is 1.92. The molecule has 0 N–H and O–H groups in total. The van der Waals surface area contributed by atoms with Crippen molar-refractivity contribution in [1.82, 2.24) is 0 Å². The van der Waals surface area contributed by atoms with Crippen LogP contribution in [-0.4, -0.2) is 42.2 Å². The van der Waals surface area contributed by atoms with Gasteiger partial charge in [0, 0.05) is 12.4 Å². The van der Waals surface area contributed by atoms with Crippen LogP contribution in [0.5, 0.6) is 0 Å². The van der Waals surface area contributed by atoms with Crippen molar-refractivity contribution in [3.05, 3.63) is 0 Å². The van der Waals surface area contributed by atoms with Crippen molar-refractivity contribution in [2.45, 2.75) is 56.9 Å². The van der Waals surface area contributed by atoms with Gasteiger partial charge in [0.15, 0.2) is 5.79 Å². The summed E-state index contributed by atoms with van der Waals surface area (Å²) in [5.74, 6) is 0.633. The van der Waals surface area contributed by atoms with Crippen LogP contribution in [0.25, 0.3) is 0 Å². The molecule has 2 heterocycles.